The minimum absolute atomic E-state index is 0.0445. The van der Waals surface area contributed by atoms with Crippen LogP contribution < -0.4 is 21.1 Å². The van der Waals surface area contributed by atoms with Crippen LogP contribution in [0.15, 0.2) is 18.2 Å². The Hall–Kier alpha value is -2.08. The lowest BCUT2D eigenvalue weighted by Gasteiger charge is -2.16. The average Bonchev–Trinajstić information content (AvgIpc) is 2.37. The fraction of sp³-hybridized carbons (Fsp3) is 0.429. The van der Waals surface area contributed by atoms with E-state index in [0.717, 1.165) is 0 Å². The number of nitrogens with two attached hydrogens (primary N) is 1. The van der Waals surface area contributed by atoms with Crippen molar-refractivity contribution in [2.45, 2.75) is 26.8 Å². The lowest BCUT2D eigenvalue weighted by atomic mass is 10.0. The highest BCUT2D eigenvalue weighted by Gasteiger charge is 2.17. The summed E-state index contributed by atoms with van der Waals surface area (Å²) in [5.41, 5.74) is 6.82. The third kappa shape index (κ3) is 4.24. The molecule has 1 rings (SSSR count). The van der Waals surface area contributed by atoms with Gasteiger partial charge in [0.25, 0.3) is 0 Å². The van der Waals surface area contributed by atoms with Gasteiger partial charge in [0, 0.05) is 12.6 Å². The van der Waals surface area contributed by atoms with Crippen molar-refractivity contribution >= 4 is 23.2 Å². The van der Waals surface area contributed by atoms with Gasteiger partial charge in [0.1, 0.15) is 5.75 Å². The normalized spacial score (nSPS) is 11.9. The molecular weight excluding hydrogens is 258 g/mol. The number of amides is 2. The van der Waals surface area contributed by atoms with Gasteiger partial charge in [-0.15, -0.1) is 0 Å². The third-order valence-electron chi connectivity index (χ3n) is 2.80. The first kappa shape index (κ1) is 16.0. The maximum absolute atomic E-state index is 11.9. The first-order valence-electron chi connectivity index (χ1n) is 6.37. The lowest BCUT2D eigenvalue weighted by molar-refractivity contribution is -0.118. The van der Waals surface area contributed by atoms with Crippen LogP contribution in [0.25, 0.3) is 0 Å². The maximum Gasteiger partial charge on any atom is 0.241 e. The molecule has 20 heavy (non-hydrogen) atoms. The number of benzene rings is 1. The highest BCUT2D eigenvalue weighted by Crippen LogP contribution is 2.27. The average molecular weight is 279 g/mol. The first-order chi connectivity index (χ1) is 9.35. The Morgan fingerprint density at radius 1 is 1.25 bits per heavy atom. The van der Waals surface area contributed by atoms with Crippen LogP contribution in [-0.4, -0.2) is 25.0 Å². The van der Waals surface area contributed by atoms with Crippen LogP contribution in [0.4, 0.5) is 11.4 Å². The van der Waals surface area contributed by atoms with E-state index < -0.39 is 6.04 Å². The molecule has 0 spiro atoms. The molecule has 0 saturated carbocycles. The van der Waals surface area contributed by atoms with Gasteiger partial charge >= 0.3 is 0 Å². The fourth-order valence-corrected chi connectivity index (χ4v) is 1.60. The van der Waals surface area contributed by atoms with Crippen molar-refractivity contribution in [2.24, 2.45) is 11.7 Å². The van der Waals surface area contributed by atoms with Crippen molar-refractivity contribution in [2.75, 3.05) is 17.7 Å². The van der Waals surface area contributed by atoms with Crippen molar-refractivity contribution < 1.29 is 14.3 Å². The van der Waals surface area contributed by atoms with Gasteiger partial charge in [-0.2, -0.15) is 0 Å². The van der Waals surface area contributed by atoms with Gasteiger partial charge in [0.15, 0.2) is 0 Å². The Labute approximate surface area is 118 Å². The summed E-state index contributed by atoms with van der Waals surface area (Å²) < 4.78 is 5.14. The maximum atomic E-state index is 11.9. The number of methoxy groups -OCH3 is 1. The Balaban J connectivity index is 2.91. The Kier molecular flexibility index (Phi) is 5.52. The van der Waals surface area contributed by atoms with Crippen LogP contribution in [0.5, 0.6) is 5.75 Å². The van der Waals surface area contributed by atoms with Crippen LogP contribution in [0.3, 0.4) is 0 Å². The van der Waals surface area contributed by atoms with Gasteiger partial charge in [-0.3, -0.25) is 9.59 Å². The van der Waals surface area contributed by atoms with Crippen LogP contribution in [0, 0.1) is 5.92 Å². The quantitative estimate of drug-likeness (QED) is 0.762. The van der Waals surface area contributed by atoms with E-state index in [0.29, 0.717) is 17.1 Å². The summed E-state index contributed by atoms with van der Waals surface area (Å²) >= 11 is 0. The van der Waals surface area contributed by atoms with E-state index in [1.807, 2.05) is 13.8 Å². The lowest BCUT2D eigenvalue weighted by Crippen LogP contribution is -2.39. The number of carbonyl (C=O) groups is 2. The topological polar surface area (TPSA) is 93.4 Å². The van der Waals surface area contributed by atoms with Crippen LogP contribution in [-0.2, 0) is 9.59 Å². The molecule has 0 aliphatic rings. The second-order valence-electron chi connectivity index (χ2n) is 4.86. The molecule has 0 aliphatic carbocycles. The van der Waals surface area contributed by atoms with Crippen molar-refractivity contribution in [3.8, 4) is 5.75 Å². The summed E-state index contributed by atoms with van der Waals surface area (Å²) in [6.07, 6.45) is 0. The van der Waals surface area contributed by atoms with Crippen molar-refractivity contribution in [1.82, 2.24) is 0 Å². The molecule has 6 nitrogen and oxygen atoms in total. The summed E-state index contributed by atoms with van der Waals surface area (Å²) in [4.78, 5) is 23.0. The molecule has 0 aliphatic heterocycles. The molecule has 4 N–H and O–H groups in total. The summed E-state index contributed by atoms with van der Waals surface area (Å²) in [6, 6.07) is 4.41. The zero-order valence-electron chi connectivity index (χ0n) is 12.2. The molecule has 0 heterocycles. The van der Waals surface area contributed by atoms with E-state index in [1.54, 1.807) is 18.2 Å². The zero-order chi connectivity index (χ0) is 15.3. The summed E-state index contributed by atoms with van der Waals surface area (Å²) in [5.74, 6) is 0.0824. The highest BCUT2D eigenvalue weighted by atomic mass is 16.5. The predicted molar refractivity (Wildman–Crippen MR) is 78.7 cm³/mol. The fourth-order valence-electron chi connectivity index (χ4n) is 1.60. The van der Waals surface area contributed by atoms with Crippen molar-refractivity contribution in [1.29, 1.82) is 0 Å². The number of anilines is 2. The van der Waals surface area contributed by atoms with E-state index in [4.69, 9.17) is 10.5 Å². The van der Waals surface area contributed by atoms with Gasteiger partial charge < -0.3 is 21.1 Å². The molecule has 6 heteroatoms. The second-order valence-corrected chi connectivity index (χ2v) is 4.86. The van der Waals surface area contributed by atoms with Crippen LogP contribution >= 0.6 is 0 Å². The molecule has 0 bridgehead atoms. The molecule has 1 aromatic rings. The monoisotopic (exact) mass is 279 g/mol. The highest BCUT2D eigenvalue weighted by molar-refractivity contribution is 5.97. The predicted octanol–water partition coefficient (Wildman–Crippen LogP) is 1.58. The smallest absolute Gasteiger partial charge is 0.241 e. The number of rotatable bonds is 5. The van der Waals surface area contributed by atoms with E-state index in [1.165, 1.54) is 14.0 Å². The number of carbonyl (C=O) groups excluding carboxylic acids is 2. The third-order valence-corrected chi connectivity index (χ3v) is 2.80. The van der Waals surface area contributed by atoms with Gasteiger partial charge in [0.05, 0.1) is 18.8 Å². The van der Waals surface area contributed by atoms with E-state index in [9.17, 15) is 9.59 Å². The Bertz CT molecular complexity index is 500. The van der Waals surface area contributed by atoms with Crippen molar-refractivity contribution in [3.63, 3.8) is 0 Å². The SMILES string of the molecule is COc1ccc(NC(=O)C(N)C(C)C)cc1NC(C)=O. The largest absolute Gasteiger partial charge is 0.495 e. The molecule has 0 aromatic heterocycles. The molecule has 0 saturated heterocycles. The Morgan fingerprint density at radius 3 is 2.40 bits per heavy atom. The second kappa shape index (κ2) is 6.91. The molecule has 110 valence electrons. The minimum Gasteiger partial charge on any atom is -0.495 e. The van der Waals surface area contributed by atoms with Crippen LogP contribution in [0.1, 0.15) is 20.8 Å². The van der Waals surface area contributed by atoms with Gasteiger partial charge in [-0.05, 0) is 24.1 Å². The van der Waals surface area contributed by atoms with Gasteiger partial charge in [-0.25, -0.2) is 0 Å². The molecule has 0 radical (unpaired) electrons. The molecule has 1 atom stereocenters. The van der Waals surface area contributed by atoms with Crippen LogP contribution in [0.2, 0.25) is 0 Å². The summed E-state index contributed by atoms with van der Waals surface area (Å²) in [5, 5.41) is 5.36. The molecule has 1 aromatic carbocycles. The van der Waals surface area contributed by atoms with E-state index in [2.05, 4.69) is 10.6 Å². The summed E-state index contributed by atoms with van der Waals surface area (Å²) in [6.45, 7) is 5.15. The summed E-state index contributed by atoms with van der Waals surface area (Å²) in [7, 11) is 1.51. The molecular formula is C14H21N3O3. The zero-order valence-corrected chi connectivity index (χ0v) is 12.2. The molecule has 0 fully saturated rings. The number of nitrogens with one attached hydrogen (secondary N) is 2. The van der Waals surface area contributed by atoms with Crippen molar-refractivity contribution in [3.05, 3.63) is 18.2 Å². The molecule has 2 amide bonds. The first-order valence-corrected chi connectivity index (χ1v) is 6.37. The van der Waals surface area contributed by atoms with E-state index in [-0.39, 0.29) is 17.7 Å². The molecule has 1 unspecified atom stereocenters. The van der Waals surface area contributed by atoms with E-state index >= 15 is 0 Å². The number of hydrogen-bond acceptors (Lipinski definition) is 4. The minimum atomic E-state index is -0.582. The standard InChI is InChI=1S/C14H21N3O3/c1-8(2)13(15)14(19)17-10-5-6-12(20-4)11(7-10)16-9(3)18/h5-8,13H,15H2,1-4H3,(H,16,18)(H,17,19). The van der Waals surface area contributed by atoms with Gasteiger partial charge in [0.2, 0.25) is 11.8 Å². The number of ether oxygens (including phenoxy) is 1. The number of hydrogen-bond donors (Lipinski definition) is 3. The Morgan fingerprint density at radius 2 is 1.90 bits per heavy atom. The van der Waals surface area contributed by atoms with Gasteiger partial charge in [-0.1, -0.05) is 13.8 Å².